The smallest absolute Gasteiger partial charge is 0.262 e. The summed E-state index contributed by atoms with van der Waals surface area (Å²) in [6.45, 7) is 0.241. The van der Waals surface area contributed by atoms with Crippen molar-refractivity contribution < 1.29 is 14.3 Å². The quantitative estimate of drug-likeness (QED) is 0.523. The third-order valence-corrected chi connectivity index (χ3v) is 5.84. The molecule has 5 heteroatoms. The molecule has 0 unspecified atom stereocenters. The third-order valence-electron chi connectivity index (χ3n) is 5.31. The summed E-state index contributed by atoms with van der Waals surface area (Å²) >= 11 is 3.44. The maximum absolute atomic E-state index is 13.4. The van der Waals surface area contributed by atoms with E-state index in [2.05, 4.69) is 15.9 Å². The van der Waals surface area contributed by atoms with Gasteiger partial charge < -0.3 is 9.47 Å². The van der Waals surface area contributed by atoms with E-state index in [0.717, 1.165) is 58.3 Å². The summed E-state index contributed by atoms with van der Waals surface area (Å²) in [4.78, 5) is 13.4. The molecule has 26 heavy (non-hydrogen) atoms. The Hall–Kier alpha value is -2.27. The van der Waals surface area contributed by atoms with Crippen LogP contribution in [-0.4, -0.2) is 17.3 Å². The fourth-order valence-electron chi connectivity index (χ4n) is 4.06. The van der Waals surface area contributed by atoms with Gasteiger partial charge in [0, 0.05) is 27.2 Å². The second-order valence-corrected chi connectivity index (χ2v) is 7.77. The van der Waals surface area contributed by atoms with Gasteiger partial charge in [-0.3, -0.25) is 9.36 Å². The summed E-state index contributed by atoms with van der Waals surface area (Å²) < 4.78 is 14.0. The van der Waals surface area contributed by atoms with E-state index in [1.165, 1.54) is 12.0 Å². The molecule has 0 bridgehead atoms. The average molecular weight is 412 g/mol. The van der Waals surface area contributed by atoms with Crippen molar-refractivity contribution in [1.82, 2.24) is 4.57 Å². The van der Waals surface area contributed by atoms with Crippen molar-refractivity contribution in [3.63, 3.8) is 0 Å². The van der Waals surface area contributed by atoms with Gasteiger partial charge >= 0.3 is 0 Å². The van der Waals surface area contributed by atoms with E-state index >= 15 is 0 Å². The van der Waals surface area contributed by atoms with E-state index in [-0.39, 0.29) is 12.7 Å². The lowest BCUT2D eigenvalue weighted by Crippen LogP contribution is -2.15. The van der Waals surface area contributed by atoms with Gasteiger partial charge in [0.25, 0.3) is 5.91 Å². The molecule has 132 valence electrons. The molecule has 1 aromatic heterocycles. The molecule has 5 rings (SSSR count). The zero-order valence-electron chi connectivity index (χ0n) is 14.3. The van der Waals surface area contributed by atoms with E-state index < -0.39 is 0 Å². The fraction of sp³-hybridized carbons (Fsp3) is 0.286. The first-order valence-corrected chi connectivity index (χ1v) is 9.78. The van der Waals surface area contributed by atoms with E-state index in [4.69, 9.17) is 9.47 Å². The zero-order valence-corrected chi connectivity index (χ0v) is 15.8. The highest BCUT2D eigenvalue weighted by atomic mass is 79.9. The molecule has 1 aliphatic carbocycles. The highest BCUT2D eigenvalue weighted by molar-refractivity contribution is 9.10. The van der Waals surface area contributed by atoms with Crippen LogP contribution in [-0.2, 0) is 12.8 Å². The van der Waals surface area contributed by atoms with Crippen molar-refractivity contribution in [1.29, 1.82) is 0 Å². The molecule has 3 aromatic rings. The number of aromatic nitrogens is 1. The number of hydrogen-bond donors (Lipinski definition) is 0. The summed E-state index contributed by atoms with van der Waals surface area (Å²) in [5.41, 5.74) is 4.05. The number of carbonyl (C=O) groups is 1. The van der Waals surface area contributed by atoms with Crippen LogP contribution >= 0.6 is 15.9 Å². The number of benzene rings is 2. The van der Waals surface area contributed by atoms with Gasteiger partial charge in [-0.05, 0) is 61.6 Å². The largest absolute Gasteiger partial charge is 0.454 e. The summed E-state index contributed by atoms with van der Waals surface area (Å²) in [6, 6.07) is 11.6. The number of halogens is 1. The summed E-state index contributed by atoms with van der Waals surface area (Å²) in [7, 11) is 0. The highest BCUT2D eigenvalue weighted by Gasteiger charge is 2.26. The molecular weight excluding hydrogens is 394 g/mol. The van der Waals surface area contributed by atoms with Gasteiger partial charge in [-0.1, -0.05) is 22.4 Å². The minimum absolute atomic E-state index is 0.0181. The van der Waals surface area contributed by atoms with Crippen LogP contribution in [0.25, 0.3) is 10.9 Å². The number of nitrogens with zero attached hydrogens (tertiary/aromatic N) is 1. The second kappa shape index (κ2) is 6.16. The van der Waals surface area contributed by atoms with Crippen LogP contribution in [0.2, 0.25) is 0 Å². The summed E-state index contributed by atoms with van der Waals surface area (Å²) in [6.07, 6.45) is 5.41. The minimum atomic E-state index is 0.0181. The average Bonchev–Trinajstić information content (AvgIpc) is 3.13. The molecule has 0 N–H and O–H groups in total. The number of carbonyl (C=O) groups excluding carboxylic acids is 1. The van der Waals surface area contributed by atoms with Gasteiger partial charge in [0.2, 0.25) is 6.79 Å². The maximum Gasteiger partial charge on any atom is 0.262 e. The van der Waals surface area contributed by atoms with E-state index in [1.54, 1.807) is 0 Å². The van der Waals surface area contributed by atoms with Gasteiger partial charge in [-0.25, -0.2) is 0 Å². The van der Waals surface area contributed by atoms with Crippen LogP contribution in [0, 0.1) is 0 Å². The van der Waals surface area contributed by atoms with Crippen molar-refractivity contribution in [3.8, 4) is 11.5 Å². The summed E-state index contributed by atoms with van der Waals surface area (Å²) in [5, 5.41) is 1.12. The number of hydrogen-bond acceptors (Lipinski definition) is 3. The predicted octanol–water partition coefficient (Wildman–Crippen LogP) is 5.09. The minimum Gasteiger partial charge on any atom is -0.454 e. The fourth-order valence-corrected chi connectivity index (χ4v) is 4.32. The molecule has 0 saturated carbocycles. The van der Waals surface area contributed by atoms with Crippen LogP contribution in [0.15, 0.2) is 40.9 Å². The molecule has 4 nitrogen and oxygen atoms in total. The van der Waals surface area contributed by atoms with Gasteiger partial charge in [-0.2, -0.15) is 0 Å². The van der Waals surface area contributed by atoms with Crippen LogP contribution in [0.4, 0.5) is 0 Å². The maximum atomic E-state index is 13.4. The van der Waals surface area contributed by atoms with Crippen molar-refractivity contribution >= 4 is 32.7 Å². The molecule has 0 atom stereocenters. The third kappa shape index (κ3) is 2.45. The van der Waals surface area contributed by atoms with E-state index in [1.807, 2.05) is 41.0 Å². The van der Waals surface area contributed by atoms with Crippen molar-refractivity contribution in [2.75, 3.05) is 6.79 Å². The molecule has 1 aliphatic heterocycles. The Morgan fingerprint density at radius 3 is 2.50 bits per heavy atom. The van der Waals surface area contributed by atoms with Gasteiger partial charge in [0.05, 0.1) is 5.52 Å². The van der Waals surface area contributed by atoms with Gasteiger partial charge in [0.1, 0.15) is 0 Å². The van der Waals surface area contributed by atoms with E-state index in [0.29, 0.717) is 5.56 Å². The lowest BCUT2D eigenvalue weighted by molar-refractivity contribution is 0.0962. The van der Waals surface area contributed by atoms with Crippen molar-refractivity contribution in [2.45, 2.75) is 32.1 Å². The molecule has 0 spiro atoms. The highest BCUT2D eigenvalue weighted by Crippen LogP contribution is 2.41. The Kier molecular flexibility index (Phi) is 3.78. The first-order chi connectivity index (χ1) is 12.7. The molecule has 2 aromatic carbocycles. The van der Waals surface area contributed by atoms with Crippen LogP contribution in [0.1, 0.15) is 40.9 Å². The van der Waals surface area contributed by atoms with Crippen LogP contribution < -0.4 is 9.47 Å². The first kappa shape index (κ1) is 15.9. The first-order valence-electron chi connectivity index (χ1n) is 8.98. The standard InChI is InChI=1S/C21H18BrNO3/c22-14-8-6-13(7-9-14)21(24)23-17-5-3-1-2-4-15(17)16-10-19-20(11-18(16)23)26-12-25-19/h6-11H,1-5,12H2. The van der Waals surface area contributed by atoms with Crippen molar-refractivity contribution in [2.24, 2.45) is 0 Å². The normalized spacial score (nSPS) is 15.7. The monoisotopic (exact) mass is 411 g/mol. The Balaban J connectivity index is 1.76. The Bertz CT molecular complexity index is 1020. The molecule has 2 aliphatic rings. The predicted molar refractivity (Wildman–Crippen MR) is 103 cm³/mol. The van der Waals surface area contributed by atoms with Crippen LogP contribution in [0.3, 0.4) is 0 Å². The molecule has 0 fully saturated rings. The Morgan fingerprint density at radius 1 is 0.962 bits per heavy atom. The lowest BCUT2D eigenvalue weighted by atomic mass is 10.1. The molecule has 2 heterocycles. The van der Waals surface area contributed by atoms with Crippen molar-refractivity contribution in [3.05, 3.63) is 57.7 Å². The van der Waals surface area contributed by atoms with E-state index in [9.17, 15) is 4.79 Å². The van der Waals surface area contributed by atoms with Gasteiger partial charge in [-0.15, -0.1) is 0 Å². The SMILES string of the molecule is O=C(c1ccc(Br)cc1)n1c2c(c3cc4c(cc31)OCO4)CCCCC2. The zero-order chi connectivity index (χ0) is 17.7. The number of rotatable bonds is 1. The number of aryl methyl sites for hydroxylation is 1. The number of ether oxygens (including phenoxy) is 2. The number of fused-ring (bicyclic) bond motifs is 4. The second-order valence-electron chi connectivity index (χ2n) is 6.86. The molecular formula is C21H18BrNO3. The lowest BCUT2D eigenvalue weighted by Gasteiger charge is -2.10. The van der Waals surface area contributed by atoms with Gasteiger partial charge in [0.15, 0.2) is 11.5 Å². The summed E-state index contributed by atoms with van der Waals surface area (Å²) in [5.74, 6) is 1.51. The topological polar surface area (TPSA) is 40.5 Å². The Morgan fingerprint density at radius 2 is 1.69 bits per heavy atom. The molecule has 0 saturated heterocycles. The molecule has 0 radical (unpaired) electrons. The molecule has 0 amide bonds. The Labute approximate surface area is 159 Å². The van der Waals surface area contributed by atoms with Crippen LogP contribution in [0.5, 0.6) is 11.5 Å².